The minimum atomic E-state index is -0.789. The van der Waals surface area contributed by atoms with Crippen LogP contribution in [0, 0.1) is 0 Å². The topological polar surface area (TPSA) is 86.0 Å². The van der Waals surface area contributed by atoms with Gasteiger partial charge in [-0.3, -0.25) is 9.69 Å². The number of hydrogen-bond donors (Lipinski definition) is 2. The van der Waals surface area contributed by atoms with E-state index in [2.05, 4.69) is 10.2 Å². The van der Waals surface area contributed by atoms with E-state index in [1.54, 1.807) is 17.2 Å². The Morgan fingerprint density at radius 3 is 2.67 bits per heavy atom. The van der Waals surface area contributed by atoms with Crippen molar-refractivity contribution in [2.45, 2.75) is 19.4 Å². The summed E-state index contributed by atoms with van der Waals surface area (Å²) >= 11 is 0. The first-order chi connectivity index (χ1) is 10.1. The van der Waals surface area contributed by atoms with E-state index >= 15 is 0 Å². The van der Waals surface area contributed by atoms with Crippen molar-refractivity contribution >= 4 is 12.0 Å². The zero-order valence-electron chi connectivity index (χ0n) is 12.1. The van der Waals surface area contributed by atoms with E-state index < -0.39 is 5.97 Å². The van der Waals surface area contributed by atoms with Gasteiger partial charge in [0.15, 0.2) is 0 Å². The fourth-order valence-electron chi connectivity index (χ4n) is 2.31. The van der Waals surface area contributed by atoms with Gasteiger partial charge < -0.3 is 19.7 Å². The number of piperazine rings is 1. The Morgan fingerprint density at radius 2 is 2.10 bits per heavy atom. The van der Waals surface area contributed by atoms with Crippen LogP contribution in [0.5, 0.6) is 0 Å². The van der Waals surface area contributed by atoms with Crippen LogP contribution in [0.2, 0.25) is 0 Å². The first kappa shape index (κ1) is 15.4. The predicted octanol–water partition coefficient (Wildman–Crippen LogP) is 1.14. The van der Waals surface area contributed by atoms with Gasteiger partial charge in [0.05, 0.1) is 18.7 Å². The molecular weight excluding hydrogens is 274 g/mol. The summed E-state index contributed by atoms with van der Waals surface area (Å²) in [5.74, 6) is -0.0640. The molecule has 7 heteroatoms. The number of aliphatic carboxylic acids is 1. The van der Waals surface area contributed by atoms with Gasteiger partial charge in [0, 0.05) is 32.7 Å². The zero-order chi connectivity index (χ0) is 15.2. The van der Waals surface area contributed by atoms with Crippen LogP contribution in [0.25, 0.3) is 0 Å². The highest BCUT2D eigenvalue weighted by Gasteiger charge is 2.23. The molecule has 1 saturated heterocycles. The molecule has 1 fully saturated rings. The van der Waals surface area contributed by atoms with Crippen molar-refractivity contribution in [1.82, 2.24) is 15.1 Å². The number of rotatable bonds is 5. The molecule has 7 nitrogen and oxygen atoms in total. The van der Waals surface area contributed by atoms with Gasteiger partial charge in [0.1, 0.15) is 5.76 Å². The molecule has 1 aliphatic rings. The summed E-state index contributed by atoms with van der Waals surface area (Å²) in [6.07, 6.45) is 1.72. The van der Waals surface area contributed by atoms with E-state index in [-0.39, 0.29) is 18.5 Å². The number of furan rings is 1. The third-order valence-corrected chi connectivity index (χ3v) is 3.61. The van der Waals surface area contributed by atoms with Crippen molar-refractivity contribution in [2.75, 3.05) is 32.7 Å². The Morgan fingerprint density at radius 1 is 1.38 bits per heavy atom. The van der Waals surface area contributed by atoms with E-state index in [4.69, 9.17) is 9.52 Å². The van der Waals surface area contributed by atoms with Gasteiger partial charge in [-0.2, -0.15) is 0 Å². The molecule has 0 bridgehead atoms. The molecule has 1 atom stereocenters. The molecule has 0 spiro atoms. The molecule has 0 aliphatic carbocycles. The summed E-state index contributed by atoms with van der Waals surface area (Å²) in [6, 6.07) is 3.34. The molecule has 1 aromatic rings. The molecule has 1 aliphatic heterocycles. The van der Waals surface area contributed by atoms with E-state index in [0.717, 1.165) is 5.76 Å². The molecule has 2 rings (SSSR count). The minimum absolute atomic E-state index is 0.114. The molecule has 116 valence electrons. The van der Waals surface area contributed by atoms with Gasteiger partial charge in [-0.25, -0.2) is 4.79 Å². The first-order valence-corrected chi connectivity index (χ1v) is 7.09. The monoisotopic (exact) mass is 295 g/mol. The van der Waals surface area contributed by atoms with Crippen molar-refractivity contribution in [3.05, 3.63) is 24.2 Å². The summed E-state index contributed by atoms with van der Waals surface area (Å²) in [4.78, 5) is 26.5. The van der Waals surface area contributed by atoms with Crippen LogP contribution in [-0.4, -0.2) is 59.6 Å². The van der Waals surface area contributed by atoms with Crippen molar-refractivity contribution in [1.29, 1.82) is 0 Å². The van der Waals surface area contributed by atoms with Crippen molar-refractivity contribution in [3.8, 4) is 0 Å². The zero-order valence-corrected chi connectivity index (χ0v) is 12.1. The maximum absolute atomic E-state index is 12.1. The molecule has 0 saturated carbocycles. The number of urea groups is 1. The second-order valence-corrected chi connectivity index (χ2v) is 5.16. The van der Waals surface area contributed by atoms with Gasteiger partial charge in [-0.1, -0.05) is 0 Å². The molecule has 0 radical (unpaired) electrons. The highest BCUT2D eigenvalue weighted by atomic mass is 16.4. The lowest BCUT2D eigenvalue weighted by atomic mass is 10.2. The molecule has 0 aromatic carbocycles. The summed E-state index contributed by atoms with van der Waals surface area (Å²) in [5, 5.41) is 11.6. The Hall–Kier alpha value is -2.02. The smallest absolute Gasteiger partial charge is 0.318 e. The van der Waals surface area contributed by atoms with Gasteiger partial charge in [0.25, 0.3) is 0 Å². The van der Waals surface area contributed by atoms with Crippen LogP contribution in [0.1, 0.15) is 25.1 Å². The summed E-state index contributed by atoms with van der Waals surface area (Å²) < 4.78 is 5.26. The number of hydrogen-bond acceptors (Lipinski definition) is 4. The molecule has 1 aromatic heterocycles. The van der Waals surface area contributed by atoms with Crippen molar-refractivity contribution < 1.29 is 19.1 Å². The molecule has 1 unspecified atom stereocenters. The number of carbonyl (C=O) groups is 2. The van der Waals surface area contributed by atoms with E-state index in [0.29, 0.717) is 32.7 Å². The maximum Gasteiger partial charge on any atom is 0.318 e. The largest absolute Gasteiger partial charge is 0.481 e. The van der Waals surface area contributed by atoms with Crippen LogP contribution < -0.4 is 5.32 Å². The third kappa shape index (κ3) is 4.49. The second kappa shape index (κ2) is 7.12. The maximum atomic E-state index is 12.1. The number of nitrogens with zero attached hydrogens (tertiary/aromatic N) is 2. The fraction of sp³-hybridized carbons (Fsp3) is 0.571. The summed E-state index contributed by atoms with van der Waals surface area (Å²) in [5.41, 5.74) is 0. The van der Waals surface area contributed by atoms with E-state index in [1.165, 1.54) is 0 Å². The van der Waals surface area contributed by atoms with Crippen molar-refractivity contribution in [3.63, 3.8) is 0 Å². The molecule has 2 heterocycles. The second-order valence-electron chi connectivity index (χ2n) is 5.16. The van der Waals surface area contributed by atoms with Gasteiger partial charge in [0.2, 0.25) is 0 Å². The normalized spacial score (nSPS) is 17.5. The Bertz CT molecular complexity index is 467. The number of carboxylic acids is 1. The van der Waals surface area contributed by atoms with Crippen LogP contribution in [0.15, 0.2) is 22.8 Å². The van der Waals surface area contributed by atoms with Crippen LogP contribution in [-0.2, 0) is 4.79 Å². The molecule has 2 amide bonds. The Kier molecular flexibility index (Phi) is 5.21. The summed E-state index contributed by atoms with van der Waals surface area (Å²) in [6.45, 7) is 5.03. The average Bonchev–Trinajstić information content (AvgIpc) is 3.00. The first-order valence-electron chi connectivity index (χ1n) is 7.09. The highest BCUT2D eigenvalue weighted by molar-refractivity contribution is 5.74. The Balaban J connectivity index is 1.74. The Labute approximate surface area is 123 Å². The highest BCUT2D eigenvalue weighted by Crippen LogP contribution is 2.13. The predicted molar refractivity (Wildman–Crippen MR) is 75.9 cm³/mol. The van der Waals surface area contributed by atoms with Gasteiger partial charge in [-0.15, -0.1) is 0 Å². The lowest BCUT2D eigenvalue weighted by Gasteiger charge is -2.34. The van der Waals surface area contributed by atoms with Crippen LogP contribution in [0.3, 0.4) is 0 Å². The number of nitrogens with one attached hydrogen (secondary N) is 1. The SMILES string of the molecule is CC(NC(=O)N1CCN(CCC(=O)O)CC1)c1ccco1. The summed E-state index contributed by atoms with van der Waals surface area (Å²) in [7, 11) is 0. The van der Waals surface area contributed by atoms with E-state index in [1.807, 2.05) is 13.0 Å². The van der Waals surface area contributed by atoms with Gasteiger partial charge >= 0.3 is 12.0 Å². The van der Waals surface area contributed by atoms with E-state index in [9.17, 15) is 9.59 Å². The van der Waals surface area contributed by atoms with Gasteiger partial charge in [-0.05, 0) is 19.1 Å². The standard InChI is InChI=1S/C14H21N3O4/c1-11(12-3-2-10-21-12)15-14(20)17-8-6-16(7-9-17)5-4-13(18)19/h2-3,10-11H,4-9H2,1H3,(H,15,20)(H,18,19). The lowest BCUT2D eigenvalue weighted by molar-refractivity contribution is -0.137. The third-order valence-electron chi connectivity index (χ3n) is 3.61. The average molecular weight is 295 g/mol. The van der Waals surface area contributed by atoms with Crippen LogP contribution in [0.4, 0.5) is 4.79 Å². The molecule has 2 N–H and O–H groups in total. The van der Waals surface area contributed by atoms with Crippen molar-refractivity contribution in [2.24, 2.45) is 0 Å². The number of carboxylic acid groups (broad SMARTS) is 1. The number of carbonyl (C=O) groups excluding carboxylic acids is 1. The number of amides is 2. The molecule has 21 heavy (non-hydrogen) atoms. The fourth-order valence-corrected chi connectivity index (χ4v) is 2.31. The minimum Gasteiger partial charge on any atom is -0.481 e. The quantitative estimate of drug-likeness (QED) is 0.851. The molecular formula is C14H21N3O4. The lowest BCUT2D eigenvalue weighted by Crippen LogP contribution is -2.52. The van der Waals surface area contributed by atoms with Crippen LogP contribution >= 0.6 is 0 Å².